The number of piperidine rings is 1. The largest absolute Gasteiger partial charge is 0.487 e. The maximum atomic E-state index is 6.19. The van der Waals surface area contributed by atoms with E-state index in [0.29, 0.717) is 15.8 Å². The summed E-state index contributed by atoms with van der Waals surface area (Å²) in [5.74, 6) is 2.49. The summed E-state index contributed by atoms with van der Waals surface area (Å²) in [5.41, 5.74) is 1.34. The fourth-order valence-corrected chi connectivity index (χ4v) is 4.84. The summed E-state index contributed by atoms with van der Waals surface area (Å²) in [7, 11) is 2.08. The highest BCUT2D eigenvalue weighted by atomic mass is 35.5. The second kappa shape index (κ2) is 8.85. The molecule has 0 radical (unpaired) electrons. The Kier molecular flexibility index (Phi) is 6.33. The average molecular weight is 481 g/mol. The Labute approximate surface area is 197 Å². The van der Waals surface area contributed by atoms with Crippen molar-refractivity contribution in [2.75, 3.05) is 18.0 Å². The molecule has 1 aromatic carbocycles. The Balaban J connectivity index is 0.00000231. The number of aromatic nitrogens is 4. The number of anilines is 1. The minimum Gasteiger partial charge on any atom is -0.487 e. The molecule has 3 aromatic rings. The highest BCUT2D eigenvalue weighted by molar-refractivity contribution is 6.36. The third-order valence-corrected chi connectivity index (χ3v) is 6.71. The SMILES string of the molecule is Cl.Cn1c(N2CCC(Oc3c(Cl)cncc3Cl)CC2)nnc1C1(c2ccccc2)CC1. The van der Waals surface area contributed by atoms with Crippen LogP contribution in [0.5, 0.6) is 5.75 Å². The number of nitrogens with zero attached hydrogens (tertiary/aromatic N) is 5. The molecule has 1 aliphatic carbocycles. The smallest absolute Gasteiger partial charge is 0.226 e. The average Bonchev–Trinajstić information content (AvgIpc) is 3.48. The van der Waals surface area contributed by atoms with Crippen molar-refractivity contribution >= 4 is 41.6 Å². The van der Waals surface area contributed by atoms with Gasteiger partial charge in [-0.15, -0.1) is 22.6 Å². The van der Waals surface area contributed by atoms with Gasteiger partial charge in [-0.1, -0.05) is 53.5 Å². The van der Waals surface area contributed by atoms with Gasteiger partial charge in [0.1, 0.15) is 22.0 Å². The molecule has 6 nitrogen and oxygen atoms in total. The number of ether oxygens (including phenoxy) is 1. The molecule has 2 aliphatic rings. The van der Waals surface area contributed by atoms with Gasteiger partial charge in [-0.3, -0.25) is 9.55 Å². The molecule has 1 saturated carbocycles. The van der Waals surface area contributed by atoms with E-state index in [2.05, 4.69) is 62.0 Å². The summed E-state index contributed by atoms with van der Waals surface area (Å²) in [4.78, 5) is 6.26. The van der Waals surface area contributed by atoms with Crippen LogP contribution < -0.4 is 9.64 Å². The van der Waals surface area contributed by atoms with Gasteiger partial charge in [0.25, 0.3) is 0 Å². The first kappa shape index (κ1) is 22.2. The predicted octanol–water partition coefficient (Wildman–Crippen LogP) is 5.07. The van der Waals surface area contributed by atoms with Crippen LogP contribution in [-0.4, -0.2) is 38.9 Å². The lowest BCUT2D eigenvalue weighted by Gasteiger charge is -2.33. The highest BCUT2D eigenvalue weighted by Crippen LogP contribution is 2.53. The molecule has 0 spiro atoms. The van der Waals surface area contributed by atoms with Crippen molar-refractivity contribution in [3.8, 4) is 5.75 Å². The van der Waals surface area contributed by atoms with E-state index >= 15 is 0 Å². The van der Waals surface area contributed by atoms with Gasteiger partial charge in [0.15, 0.2) is 5.75 Å². The molecule has 2 fully saturated rings. The van der Waals surface area contributed by atoms with Crippen LogP contribution in [0.15, 0.2) is 42.7 Å². The normalized spacial score (nSPS) is 17.8. The van der Waals surface area contributed by atoms with E-state index in [1.807, 2.05) is 0 Å². The zero-order valence-corrected chi connectivity index (χ0v) is 19.5. The van der Waals surface area contributed by atoms with Crippen LogP contribution in [0.1, 0.15) is 37.1 Å². The Hall–Kier alpha value is -2.02. The Morgan fingerprint density at radius 3 is 2.26 bits per heavy atom. The quantitative estimate of drug-likeness (QED) is 0.510. The van der Waals surface area contributed by atoms with E-state index in [-0.39, 0.29) is 23.9 Å². The lowest BCUT2D eigenvalue weighted by Crippen LogP contribution is -2.39. The fourth-order valence-electron chi connectivity index (χ4n) is 4.39. The van der Waals surface area contributed by atoms with Crippen LogP contribution >= 0.6 is 35.6 Å². The van der Waals surface area contributed by atoms with Gasteiger partial charge in [-0.2, -0.15) is 0 Å². The Morgan fingerprint density at radius 2 is 1.65 bits per heavy atom. The number of hydrogen-bond acceptors (Lipinski definition) is 5. The van der Waals surface area contributed by atoms with Crippen LogP contribution in [0.3, 0.4) is 0 Å². The molecular formula is C22H24Cl3N5O. The maximum absolute atomic E-state index is 6.19. The number of hydrogen-bond donors (Lipinski definition) is 0. The second-order valence-corrected chi connectivity index (χ2v) is 8.88. The van der Waals surface area contributed by atoms with Gasteiger partial charge >= 0.3 is 0 Å². The summed E-state index contributed by atoms with van der Waals surface area (Å²) in [6.07, 6.45) is 7.13. The van der Waals surface area contributed by atoms with Crippen molar-refractivity contribution in [2.24, 2.45) is 7.05 Å². The molecule has 2 aromatic heterocycles. The van der Waals surface area contributed by atoms with E-state index in [0.717, 1.165) is 50.5 Å². The summed E-state index contributed by atoms with van der Waals surface area (Å²) < 4.78 is 8.25. The van der Waals surface area contributed by atoms with Crippen LogP contribution in [0, 0.1) is 0 Å². The molecule has 0 amide bonds. The molecule has 9 heteroatoms. The fraction of sp³-hybridized carbons (Fsp3) is 0.409. The topological polar surface area (TPSA) is 56.1 Å². The number of halogens is 3. The molecule has 164 valence electrons. The van der Waals surface area contributed by atoms with Crippen molar-refractivity contribution in [3.05, 3.63) is 64.2 Å². The summed E-state index contributed by atoms with van der Waals surface area (Å²) >= 11 is 12.4. The molecule has 0 unspecified atom stereocenters. The van der Waals surface area contributed by atoms with Crippen molar-refractivity contribution in [1.82, 2.24) is 19.7 Å². The van der Waals surface area contributed by atoms with Crippen LogP contribution in [0.2, 0.25) is 10.0 Å². The number of benzene rings is 1. The van der Waals surface area contributed by atoms with Gasteiger partial charge in [-0.05, 0) is 18.4 Å². The summed E-state index contributed by atoms with van der Waals surface area (Å²) in [6.45, 7) is 1.69. The maximum Gasteiger partial charge on any atom is 0.226 e. The predicted molar refractivity (Wildman–Crippen MR) is 125 cm³/mol. The summed E-state index contributed by atoms with van der Waals surface area (Å²) in [5, 5.41) is 10.1. The first-order chi connectivity index (χ1) is 14.6. The minimum atomic E-state index is 0. The zero-order chi connectivity index (χ0) is 20.7. The van der Waals surface area contributed by atoms with Crippen LogP contribution in [0.4, 0.5) is 5.95 Å². The molecule has 3 heterocycles. The Bertz CT molecular complexity index is 1030. The monoisotopic (exact) mass is 479 g/mol. The van der Waals surface area contributed by atoms with Crippen LogP contribution in [0.25, 0.3) is 0 Å². The van der Waals surface area contributed by atoms with Crippen molar-refractivity contribution in [2.45, 2.75) is 37.2 Å². The van der Waals surface area contributed by atoms with E-state index in [1.54, 1.807) is 12.4 Å². The third kappa shape index (κ3) is 4.09. The highest BCUT2D eigenvalue weighted by Gasteiger charge is 2.50. The minimum absolute atomic E-state index is 0. The lowest BCUT2D eigenvalue weighted by molar-refractivity contribution is 0.170. The Morgan fingerprint density at radius 1 is 1.00 bits per heavy atom. The van der Waals surface area contributed by atoms with Gasteiger partial charge in [-0.25, -0.2) is 0 Å². The van der Waals surface area contributed by atoms with E-state index < -0.39 is 0 Å². The molecule has 0 atom stereocenters. The molecule has 1 aliphatic heterocycles. The second-order valence-electron chi connectivity index (χ2n) is 8.07. The molecule has 0 bridgehead atoms. The van der Waals surface area contributed by atoms with Crippen molar-refractivity contribution < 1.29 is 4.74 Å². The number of rotatable bonds is 5. The van der Waals surface area contributed by atoms with Gasteiger partial charge in [0.05, 0.1) is 5.41 Å². The van der Waals surface area contributed by atoms with Crippen molar-refractivity contribution in [1.29, 1.82) is 0 Å². The zero-order valence-electron chi connectivity index (χ0n) is 17.2. The van der Waals surface area contributed by atoms with E-state index in [4.69, 9.17) is 27.9 Å². The molecule has 1 saturated heterocycles. The van der Waals surface area contributed by atoms with Gasteiger partial charge in [0.2, 0.25) is 5.95 Å². The van der Waals surface area contributed by atoms with E-state index in [9.17, 15) is 0 Å². The summed E-state index contributed by atoms with van der Waals surface area (Å²) in [6, 6.07) is 10.6. The molecule has 31 heavy (non-hydrogen) atoms. The van der Waals surface area contributed by atoms with Gasteiger partial charge in [0, 0.05) is 45.4 Å². The molecule has 0 N–H and O–H groups in total. The van der Waals surface area contributed by atoms with E-state index in [1.165, 1.54) is 5.56 Å². The van der Waals surface area contributed by atoms with Gasteiger partial charge < -0.3 is 9.64 Å². The molecule has 5 rings (SSSR count). The third-order valence-electron chi connectivity index (χ3n) is 6.18. The van der Waals surface area contributed by atoms with Crippen LogP contribution in [-0.2, 0) is 12.5 Å². The first-order valence-electron chi connectivity index (χ1n) is 10.2. The lowest BCUT2D eigenvalue weighted by atomic mass is 9.95. The number of pyridine rings is 1. The molecular weight excluding hydrogens is 457 g/mol. The van der Waals surface area contributed by atoms with Crippen molar-refractivity contribution in [3.63, 3.8) is 0 Å². The standard InChI is InChI=1S/C22H23Cl2N5O.ClH/c1-28-20(22(9-10-22)15-5-3-2-4-6-15)26-27-21(28)29-11-7-16(8-12-29)30-19-17(23)13-25-14-18(19)24;/h2-6,13-14,16H,7-12H2,1H3;1H. The first-order valence-corrected chi connectivity index (χ1v) is 11.0.